The number of aromatic nitrogens is 1. The molecule has 0 radical (unpaired) electrons. The van der Waals surface area contributed by atoms with E-state index in [1.54, 1.807) is 5.51 Å². The third kappa shape index (κ3) is 1.83. The van der Waals surface area contributed by atoms with Crippen molar-refractivity contribution < 1.29 is 4.79 Å². The Labute approximate surface area is 95.3 Å². The number of hydrogen-bond donors (Lipinski definition) is 0. The van der Waals surface area contributed by atoms with Gasteiger partial charge >= 0.3 is 0 Å². The monoisotopic (exact) mass is 274 g/mol. The number of carbonyl (C=O) groups excluding carboxylic acids is 1. The fraction of sp³-hybridized carbons (Fsp3) is 0.556. The molecule has 0 N–H and O–H groups in total. The number of rotatable bonds is 2. The lowest BCUT2D eigenvalue weighted by molar-refractivity contribution is 0.0745. The molecule has 1 aromatic heterocycles. The Morgan fingerprint density at radius 3 is 3.29 bits per heavy atom. The van der Waals surface area contributed by atoms with Gasteiger partial charge in [0.2, 0.25) is 0 Å². The summed E-state index contributed by atoms with van der Waals surface area (Å²) in [7, 11) is 0. The highest BCUT2D eigenvalue weighted by molar-refractivity contribution is 9.09. The van der Waals surface area contributed by atoms with Crippen LogP contribution in [0.4, 0.5) is 0 Å². The first-order chi connectivity index (χ1) is 6.83. The number of alkyl halides is 1. The van der Waals surface area contributed by atoms with Crippen LogP contribution in [0, 0.1) is 0 Å². The van der Waals surface area contributed by atoms with Gasteiger partial charge in [0, 0.05) is 23.3 Å². The van der Waals surface area contributed by atoms with Crippen molar-refractivity contribution in [3.63, 3.8) is 0 Å². The van der Waals surface area contributed by atoms with Crippen molar-refractivity contribution in [2.75, 3.05) is 11.9 Å². The number of likely N-dealkylation sites (tertiary alicyclic amines) is 1. The molecule has 1 atom stereocenters. The van der Waals surface area contributed by atoms with Crippen molar-refractivity contribution in [2.24, 2.45) is 0 Å². The predicted octanol–water partition coefficient (Wildman–Crippen LogP) is 2.14. The number of carbonyl (C=O) groups is 1. The van der Waals surface area contributed by atoms with Crippen molar-refractivity contribution in [3.05, 3.63) is 16.6 Å². The number of thiazole rings is 1. The van der Waals surface area contributed by atoms with E-state index in [0.717, 1.165) is 24.7 Å². The Balaban J connectivity index is 2.11. The zero-order chi connectivity index (χ0) is 9.97. The standard InChI is InChI=1S/C9H11BrN2OS/c10-4-7-2-1-3-12(7)9(13)8-5-14-6-11-8/h5-7H,1-4H2. The largest absolute Gasteiger partial charge is 0.333 e. The van der Waals surface area contributed by atoms with Crippen molar-refractivity contribution in [2.45, 2.75) is 18.9 Å². The van der Waals surface area contributed by atoms with E-state index >= 15 is 0 Å². The molecule has 1 aliphatic rings. The van der Waals surface area contributed by atoms with Crippen LogP contribution in [-0.2, 0) is 0 Å². The maximum atomic E-state index is 11.9. The minimum absolute atomic E-state index is 0.0770. The molecule has 76 valence electrons. The summed E-state index contributed by atoms with van der Waals surface area (Å²) in [6, 6.07) is 0.351. The van der Waals surface area contributed by atoms with Gasteiger partial charge in [-0.05, 0) is 12.8 Å². The first-order valence-electron chi connectivity index (χ1n) is 4.58. The molecule has 1 fully saturated rings. The van der Waals surface area contributed by atoms with Crippen molar-refractivity contribution in [1.29, 1.82) is 0 Å². The molecule has 14 heavy (non-hydrogen) atoms. The van der Waals surface area contributed by atoms with E-state index in [4.69, 9.17) is 0 Å². The van der Waals surface area contributed by atoms with E-state index in [1.807, 2.05) is 10.3 Å². The number of halogens is 1. The number of amides is 1. The van der Waals surface area contributed by atoms with Crippen molar-refractivity contribution in [3.8, 4) is 0 Å². The molecular weight excluding hydrogens is 264 g/mol. The van der Waals surface area contributed by atoms with Gasteiger partial charge < -0.3 is 4.90 Å². The van der Waals surface area contributed by atoms with Crippen molar-refractivity contribution >= 4 is 33.2 Å². The lowest BCUT2D eigenvalue weighted by atomic mass is 10.2. The van der Waals surface area contributed by atoms with Gasteiger partial charge in [-0.25, -0.2) is 4.98 Å². The van der Waals surface area contributed by atoms with Gasteiger partial charge in [0.1, 0.15) is 5.69 Å². The molecule has 1 saturated heterocycles. The van der Waals surface area contributed by atoms with Crippen LogP contribution in [0.5, 0.6) is 0 Å². The molecule has 1 unspecified atom stereocenters. The zero-order valence-electron chi connectivity index (χ0n) is 7.65. The normalized spacial score (nSPS) is 21.5. The van der Waals surface area contributed by atoms with Crippen LogP contribution >= 0.6 is 27.3 Å². The second kappa shape index (κ2) is 4.40. The van der Waals surface area contributed by atoms with E-state index in [2.05, 4.69) is 20.9 Å². The minimum Gasteiger partial charge on any atom is -0.333 e. The topological polar surface area (TPSA) is 33.2 Å². The molecule has 1 aromatic rings. The fourth-order valence-corrected chi connectivity index (χ4v) is 2.93. The maximum Gasteiger partial charge on any atom is 0.273 e. The predicted molar refractivity (Wildman–Crippen MR) is 60.0 cm³/mol. The maximum absolute atomic E-state index is 11.9. The van der Waals surface area contributed by atoms with Gasteiger partial charge in [0.25, 0.3) is 5.91 Å². The molecule has 0 saturated carbocycles. The van der Waals surface area contributed by atoms with Crippen molar-refractivity contribution in [1.82, 2.24) is 9.88 Å². The number of nitrogens with zero attached hydrogens (tertiary/aromatic N) is 2. The Bertz CT molecular complexity index is 315. The molecule has 0 spiro atoms. The van der Waals surface area contributed by atoms with Crippen LogP contribution in [0.25, 0.3) is 0 Å². The van der Waals surface area contributed by atoms with E-state index in [9.17, 15) is 4.79 Å². The lowest BCUT2D eigenvalue weighted by Gasteiger charge is -2.21. The quantitative estimate of drug-likeness (QED) is 0.775. The summed E-state index contributed by atoms with van der Waals surface area (Å²) >= 11 is 4.90. The second-order valence-corrected chi connectivity index (χ2v) is 4.69. The smallest absolute Gasteiger partial charge is 0.273 e. The summed E-state index contributed by atoms with van der Waals surface area (Å²) < 4.78 is 0. The van der Waals surface area contributed by atoms with Crippen LogP contribution in [0.3, 0.4) is 0 Å². The molecule has 0 aromatic carbocycles. The molecule has 0 bridgehead atoms. The molecule has 2 heterocycles. The molecule has 0 aliphatic carbocycles. The van der Waals surface area contributed by atoms with Crippen LogP contribution in [-0.4, -0.2) is 33.7 Å². The minimum atomic E-state index is 0.0770. The zero-order valence-corrected chi connectivity index (χ0v) is 10.1. The summed E-state index contributed by atoms with van der Waals surface area (Å²) in [5.41, 5.74) is 2.29. The summed E-state index contributed by atoms with van der Waals surface area (Å²) in [5, 5.41) is 2.68. The average Bonchev–Trinajstić information content (AvgIpc) is 2.87. The molecule has 5 heteroatoms. The van der Waals surface area contributed by atoms with Gasteiger partial charge in [-0.1, -0.05) is 15.9 Å². The van der Waals surface area contributed by atoms with E-state index < -0.39 is 0 Å². The SMILES string of the molecule is O=C(c1cscn1)N1CCCC1CBr. The summed E-state index contributed by atoms with van der Waals surface area (Å²) in [6.07, 6.45) is 2.20. The Kier molecular flexibility index (Phi) is 3.18. The molecule has 1 aliphatic heterocycles. The summed E-state index contributed by atoms with van der Waals surface area (Å²) in [4.78, 5) is 17.9. The second-order valence-electron chi connectivity index (χ2n) is 3.32. The van der Waals surface area contributed by atoms with E-state index in [1.165, 1.54) is 11.3 Å². The van der Waals surface area contributed by atoms with Gasteiger partial charge in [0.05, 0.1) is 5.51 Å². The van der Waals surface area contributed by atoms with Gasteiger partial charge in [-0.3, -0.25) is 4.79 Å². The molecule has 1 amide bonds. The molecule has 2 rings (SSSR count). The van der Waals surface area contributed by atoms with Gasteiger partial charge in [0.15, 0.2) is 0 Å². The summed E-state index contributed by atoms with van der Waals surface area (Å²) in [6.45, 7) is 0.868. The Morgan fingerprint density at radius 2 is 2.64 bits per heavy atom. The average molecular weight is 275 g/mol. The number of hydrogen-bond acceptors (Lipinski definition) is 3. The highest BCUT2D eigenvalue weighted by Gasteiger charge is 2.29. The van der Waals surface area contributed by atoms with Gasteiger partial charge in [-0.15, -0.1) is 11.3 Å². The Morgan fingerprint density at radius 1 is 1.79 bits per heavy atom. The van der Waals surface area contributed by atoms with E-state index in [-0.39, 0.29) is 5.91 Å². The van der Waals surface area contributed by atoms with Crippen LogP contribution in [0.15, 0.2) is 10.9 Å². The molecular formula is C9H11BrN2OS. The van der Waals surface area contributed by atoms with E-state index in [0.29, 0.717) is 11.7 Å². The highest BCUT2D eigenvalue weighted by Crippen LogP contribution is 2.21. The van der Waals surface area contributed by atoms with Crippen LogP contribution in [0.2, 0.25) is 0 Å². The first kappa shape index (κ1) is 10.1. The fourth-order valence-electron chi connectivity index (χ4n) is 1.73. The first-order valence-corrected chi connectivity index (χ1v) is 6.64. The molecule has 3 nitrogen and oxygen atoms in total. The van der Waals surface area contributed by atoms with Crippen LogP contribution < -0.4 is 0 Å². The van der Waals surface area contributed by atoms with Crippen LogP contribution in [0.1, 0.15) is 23.3 Å². The lowest BCUT2D eigenvalue weighted by Crippen LogP contribution is -2.36. The van der Waals surface area contributed by atoms with Gasteiger partial charge in [-0.2, -0.15) is 0 Å². The third-order valence-corrected chi connectivity index (χ3v) is 3.80. The third-order valence-electron chi connectivity index (χ3n) is 2.47. The highest BCUT2D eigenvalue weighted by atomic mass is 79.9. The summed E-state index contributed by atoms with van der Waals surface area (Å²) in [5.74, 6) is 0.0770. The Hall–Kier alpha value is -0.420.